The molecule has 0 amide bonds. The number of nitrogen functional groups attached to an aromatic ring is 1. The lowest BCUT2D eigenvalue weighted by atomic mass is 10.2. The van der Waals surface area contributed by atoms with Gasteiger partial charge < -0.3 is 5.73 Å². The molecule has 1 aromatic carbocycles. The Morgan fingerprint density at radius 2 is 2.25 bits per heavy atom. The Labute approximate surface area is 88.1 Å². The minimum atomic E-state index is 0.799. The summed E-state index contributed by atoms with van der Waals surface area (Å²) in [6.07, 6.45) is 0. The molecule has 0 radical (unpaired) electrons. The maximum Gasteiger partial charge on any atom is 0.0584 e. The standard InChI is InChI=1S/C8H6BrNS2/c9-7-4-1-2-12-8(4)5(10)3-6(7)11/h1-3,11H,10H2. The fourth-order valence-electron chi connectivity index (χ4n) is 1.12. The van der Waals surface area contributed by atoms with E-state index in [-0.39, 0.29) is 0 Å². The van der Waals surface area contributed by atoms with Gasteiger partial charge in [-0.3, -0.25) is 0 Å². The van der Waals surface area contributed by atoms with Crippen LogP contribution in [-0.4, -0.2) is 0 Å². The van der Waals surface area contributed by atoms with Gasteiger partial charge in [0.05, 0.1) is 10.4 Å². The van der Waals surface area contributed by atoms with Crippen LogP contribution in [0.5, 0.6) is 0 Å². The van der Waals surface area contributed by atoms with Crippen LogP contribution in [0.1, 0.15) is 0 Å². The van der Waals surface area contributed by atoms with Crippen molar-refractivity contribution in [1.82, 2.24) is 0 Å². The van der Waals surface area contributed by atoms with Crippen molar-refractivity contribution in [3.63, 3.8) is 0 Å². The summed E-state index contributed by atoms with van der Waals surface area (Å²) in [6, 6.07) is 3.91. The molecule has 0 aliphatic rings. The molecule has 2 rings (SSSR count). The lowest BCUT2D eigenvalue weighted by molar-refractivity contribution is 1.48. The van der Waals surface area contributed by atoms with Crippen LogP contribution in [0, 0.1) is 0 Å². The molecule has 1 aromatic heterocycles. The first kappa shape index (κ1) is 8.41. The molecular formula is C8H6BrNS2. The molecule has 1 nitrogen and oxygen atoms in total. The summed E-state index contributed by atoms with van der Waals surface area (Å²) < 4.78 is 2.15. The van der Waals surface area contributed by atoms with Crippen LogP contribution < -0.4 is 5.73 Å². The number of rotatable bonds is 0. The number of fused-ring (bicyclic) bond motifs is 1. The zero-order chi connectivity index (χ0) is 8.72. The van der Waals surface area contributed by atoms with Gasteiger partial charge in [0, 0.05) is 14.8 Å². The first-order valence-corrected chi connectivity index (χ1v) is 5.46. The molecule has 0 bridgehead atoms. The molecule has 0 spiro atoms. The van der Waals surface area contributed by atoms with Crippen LogP contribution in [0.3, 0.4) is 0 Å². The van der Waals surface area contributed by atoms with E-state index in [2.05, 4.69) is 28.6 Å². The molecule has 0 atom stereocenters. The van der Waals surface area contributed by atoms with E-state index >= 15 is 0 Å². The molecule has 0 aliphatic carbocycles. The van der Waals surface area contributed by atoms with Gasteiger partial charge >= 0.3 is 0 Å². The van der Waals surface area contributed by atoms with E-state index in [4.69, 9.17) is 5.73 Å². The molecule has 4 heteroatoms. The van der Waals surface area contributed by atoms with Gasteiger partial charge in [0.25, 0.3) is 0 Å². The van der Waals surface area contributed by atoms with E-state index in [0.717, 1.165) is 25.1 Å². The molecule has 2 aromatic rings. The fourth-order valence-corrected chi connectivity index (χ4v) is 2.79. The summed E-state index contributed by atoms with van der Waals surface area (Å²) in [5.41, 5.74) is 6.61. The largest absolute Gasteiger partial charge is 0.398 e. The monoisotopic (exact) mass is 259 g/mol. The summed E-state index contributed by atoms with van der Waals surface area (Å²) in [5.74, 6) is 0. The van der Waals surface area contributed by atoms with Crippen molar-refractivity contribution in [2.75, 3.05) is 5.73 Å². The first-order valence-electron chi connectivity index (χ1n) is 3.34. The third kappa shape index (κ3) is 1.14. The second kappa shape index (κ2) is 2.94. The molecule has 0 unspecified atom stereocenters. The van der Waals surface area contributed by atoms with E-state index in [9.17, 15) is 0 Å². The van der Waals surface area contributed by atoms with Gasteiger partial charge in [0.1, 0.15) is 0 Å². The van der Waals surface area contributed by atoms with Gasteiger partial charge in [0.15, 0.2) is 0 Å². The van der Waals surface area contributed by atoms with E-state index in [1.54, 1.807) is 11.3 Å². The fraction of sp³-hybridized carbons (Fsp3) is 0. The highest BCUT2D eigenvalue weighted by Gasteiger charge is 2.06. The lowest BCUT2D eigenvalue weighted by Crippen LogP contribution is -1.85. The predicted octanol–water partition coefficient (Wildman–Crippen LogP) is 3.53. The topological polar surface area (TPSA) is 26.0 Å². The number of benzene rings is 1. The SMILES string of the molecule is Nc1cc(S)c(Br)c2ccsc12. The highest BCUT2D eigenvalue weighted by molar-refractivity contribution is 9.10. The van der Waals surface area contributed by atoms with Crippen LogP contribution in [0.4, 0.5) is 5.69 Å². The second-order valence-corrected chi connectivity index (χ2v) is 4.65. The van der Waals surface area contributed by atoms with Crippen molar-refractivity contribution in [1.29, 1.82) is 0 Å². The molecule has 1 heterocycles. The number of hydrogen-bond acceptors (Lipinski definition) is 3. The van der Waals surface area contributed by atoms with Crippen LogP contribution in [-0.2, 0) is 0 Å². The van der Waals surface area contributed by atoms with Crippen molar-refractivity contribution in [2.24, 2.45) is 0 Å². The van der Waals surface area contributed by atoms with Crippen LogP contribution in [0.15, 0.2) is 26.9 Å². The van der Waals surface area contributed by atoms with Crippen molar-refractivity contribution < 1.29 is 0 Å². The zero-order valence-corrected chi connectivity index (χ0v) is 9.34. The minimum absolute atomic E-state index is 0.799. The average Bonchev–Trinajstić information content (AvgIpc) is 2.48. The number of anilines is 1. The summed E-state index contributed by atoms with van der Waals surface area (Å²) in [6.45, 7) is 0. The molecule has 0 saturated heterocycles. The van der Waals surface area contributed by atoms with Crippen molar-refractivity contribution in [3.8, 4) is 0 Å². The Kier molecular flexibility index (Phi) is 2.06. The summed E-state index contributed by atoms with van der Waals surface area (Å²) in [5, 5.41) is 3.17. The molecule has 12 heavy (non-hydrogen) atoms. The minimum Gasteiger partial charge on any atom is -0.398 e. The third-order valence-electron chi connectivity index (χ3n) is 1.68. The number of thiol groups is 1. The van der Waals surface area contributed by atoms with Gasteiger partial charge in [-0.25, -0.2) is 0 Å². The summed E-state index contributed by atoms with van der Waals surface area (Å²) in [7, 11) is 0. The smallest absolute Gasteiger partial charge is 0.0584 e. The van der Waals surface area contributed by atoms with Gasteiger partial charge in [-0.05, 0) is 33.4 Å². The van der Waals surface area contributed by atoms with E-state index in [1.165, 1.54) is 0 Å². The Balaban J connectivity index is 2.97. The Hall–Kier alpha value is -0.190. The number of nitrogens with two attached hydrogens (primary N) is 1. The maximum absolute atomic E-state index is 5.81. The molecule has 0 saturated carbocycles. The first-order chi connectivity index (χ1) is 5.70. The quantitative estimate of drug-likeness (QED) is 0.550. The van der Waals surface area contributed by atoms with E-state index in [0.29, 0.717) is 0 Å². The Bertz CT molecular complexity index is 436. The average molecular weight is 260 g/mol. The van der Waals surface area contributed by atoms with E-state index in [1.807, 2.05) is 17.5 Å². The highest BCUT2D eigenvalue weighted by Crippen LogP contribution is 2.36. The molecular weight excluding hydrogens is 254 g/mol. The third-order valence-corrected chi connectivity index (χ3v) is 4.16. The molecule has 0 fully saturated rings. The van der Waals surface area contributed by atoms with Gasteiger partial charge in [-0.1, -0.05) is 0 Å². The molecule has 0 aliphatic heterocycles. The Morgan fingerprint density at radius 1 is 1.50 bits per heavy atom. The second-order valence-electron chi connectivity index (χ2n) is 2.46. The van der Waals surface area contributed by atoms with Gasteiger partial charge in [0.2, 0.25) is 0 Å². The Morgan fingerprint density at radius 3 is 3.00 bits per heavy atom. The van der Waals surface area contributed by atoms with Crippen molar-refractivity contribution >= 4 is 55.7 Å². The van der Waals surface area contributed by atoms with Crippen LogP contribution in [0.2, 0.25) is 0 Å². The summed E-state index contributed by atoms with van der Waals surface area (Å²) in [4.78, 5) is 0.887. The molecule has 2 N–H and O–H groups in total. The number of hydrogen-bond donors (Lipinski definition) is 2. The maximum atomic E-state index is 5.81. The predicted molar refractivity (Wildman–Crippen MR) is 61.2 cm³/mol. The van der Waals surface area contributed by atoms with Crippen LogP contribution >= 0.6 is 39.9 Å². The van der Waals surface area contributed by atoms with Crippen molar-refractivity contribution in [2.45, 2.75) is 4.90 Å². The lowest BCUT2D eigenvalue weighted by Gasteiger charge is -2.01. The number of halogens is 1. The van der Waals surface area contributed by atoms with E-state index < -0.39 is 0 Å². The zero-order valence-electron chi connectivity index (χ0n) is 6.04. The van der Waals surface area contributed by atoms with Gasteiger partial charge in [-0.2, -0.15) is 0 Å². The van der Waals surface area contributed by atoms with Crippen molar-refractivity contribution in [3.05, 3.63) is 22.0 Å². The van der Waals surface area contributed by atoms with Gasteiger partial charge in [-0.15, -0.1) is 24.0 Å². The normalized spacial score (nSPS) is 10.8. The number of thiophene rings is 1. The summed E-state index contributed by atoms with van der Waals surface area (Å²) >= 11 is 9.41. The molecule has 62 valence electrons. The highest BCUT2D eigenvalue weighted by atomic mass is 79.9. The van der Waals surface area contributed by atoms with Crippen LogP contribution in [0.25, 0.3) is 10.1 Å².